The Morgan fingerprint density at radius 1 is 1.09 bits per heavy atom. The molecule has 2 aliphatic rings. The summed E-state index contributed by atoms with van der Waals surface area (Å²) >= 11 is 0. The van der Waals surface area contributed by atoms with E-state index in [9.17, 15) is 4.79 Å². The summed E-state index contributed by atoms with van der Waals surface area (Å²) in [5.41, 5.74) is 2.15. The number of rotatable bonds is 3. The van der Waals surface area contributed by atoms with Gasteiger partial charge in [0.1, 0.15) is 0 Å². The summed E-state index contributed by atoms with van der Waals surface area (Å²) in [4.78, 5) is 17.0. The van der Waals surface area contributed by atoms with E-state index in [2.05, 4.69) is 16.8 Å². The maximum atomic E-state index is 12.0. The normalized spacial score (nSPS) is 22.3. The van der Waals surface area contributed by atoms with Gasteiger partial charge in [-0.05, 0) is 63.5 Å². The third kappa shape index (κ3) is 2.83. The first-order chi connectivity index (χ1) is 11.2. The minimum Gasteiger partial charge on any atom is -0.408 e. The number of fused-ring (bicyclic) bond motifs is 1. The molecule has 0 bridgehead atoms. The molecule has 2 fully saturated rings. The van der Waals surface area contributed by atoms with Gasteiger partial charge in [0.2, 0.25) is 0 Å². The van der Waals surface area contributed by atoms with Gasteiger partial charge in [-0.1, -0.05) is 12.1 Å². The lowest BCUT2D eigenvalue weighted by Gasteiger charge is -2.39. The van der Waals surface area contributed by atoms with Crippen molar-refractivity contribution < 1.29 is 4.42 Å². The van der Waals surface area contributed by atoms with E-state index in [1.165, 1.54) is 32.4 Å². The van der Waals surface area contributed by atoms with E-state index in [4.69, 9.17) is 4.42 Å². The molecule has 1 aromatic carbocycles. The van der Waals surface area contributed by atoms with Crippen molar-refractivity contribution in [2.75, 3.05) is 39.8 Å². The van der Waals surface area contributed by atoms with Crippen molar-refractivity contribution in [1.29, 1.82) is 0 Å². The first kappa shape index (κ1) is 15.0. The van der Waals surface area contributed by atoms with Crippen molar-refractivity contribution in [1.82, 2.24) is 14.4 Å². The summed E-state index contributed by atoms with van der Waals surface area (Å²) in [6.45, 7) is 6.44. The summed E-state index contributed by atoms with van der Waals surface area (Å²) in [6, 6.07) is 7.67. The third-order valence-corrected chi connectivity index (χ3v) is 5.76. The molecule has 3 heterocycles. The van der Waals surface area contributed by atoms with E-state index in [1.54, 1.807) is 4.57 Å². The monoisotopic (exact) mass is 315 g/mol. The summed E-state index contributed by atoms with van der Waals surface area (Å²) in [5, 5.41) is 0. The van der Waals surface area contributed by atoms with Crippen molar-refractivity contribution in [3.8, 4) is 0 Å². The summed E-state index contributed by atoms with van der Waals surface area (Å²) in [6.07, 6.45) is 3.93. The molecule has 0 atom stereocenters. The van der Waals surface area contributed by atoms with Crippen LogP contribution in [0.15, 0.2) is 33.5 Å². The third-order valence-electron chi connectivity index (χ3n) is 5.76. The Hall–Kier alpha value is -1.59. The van der Waals surface area contributed by atoms with E-state index in [1.807, 2.05) is 24.3 Å². The van der Waals surface area contributed by atoms with Gasteiger partial charge in [0, 0.05) is 19.6 Å². The van der Waals surface area contributed by atoms with Gasteiger partial charge in [-0.3, -0.25) is 4.57 Å². The van der Waals surface area contributed by atoms with E-state index in [-0.39, 0.29) is 5.76 Å². The molecule has 5 nitrogen and oxygen atoms in total. The van der Waals surface area contributed by atoms with E-state index in [0.29, 0.717) is 17.5 Å². The minimum absolute atomic E-state index is 0.239. The highest BCUT2D eigenvalue weighted by Crippen LogP contribution is 2.39. The van der Waals surface area contributed by atoms with Crippen molar-refractivity contribution in [2.24, 2.45) is 5.41 Å². The van der Waals surface area contributed by atoms with Crippen LogP contribution in [0, 0.1) is 5.41 Å². The Morgan fingerprint density at radius 2 is 1.83 bits per heavy atom. The smallest absolute Gasteiger partial charge is 0.408 e. The minimum atomic E-state index is -0.239. The van der Waals surface area contributed by atoms with Crippen LogP contribution in [0.25, 0.3) is 11.1 Å². The lowest BCUT2D eigenvalue weighted by molar-refractivity contribution is 0.107. The molecule has 23 heavy (non-hydrogen) atoms. The SMILES string of the molecule is CN1CCC2(CCN(CCn3c(=O)oc4ccccc43)CC2)C1. The van der Waals surface area contributed by atoms with Crippen LogP contribution in [-0.2, 0) is 6.54 Å². The van der Waals surface area contributed by atoms with Crippen LogP contribution in [0.3, 0.4) is 0 Å². The molecule has 2 saturated heterocycles. The Morgan fingerprint density at radius 3 is 2.57 bits per heavy atom. The van der Waals surface area contributed by atoms with Crippen molar-refractivity contribution in [3.05, 3.63) is 34.8 Å². The lowest BCUT2D eigenvalue weighted by atomic mass is 9.78. The maximum Gasteiger partial charge on any atom is 0.419 e. The van der Waals surface area contributed by atoms with Gasteiger partial charge in [-0.25, -0.2) is 4.79 Å². The highest BCUT2D eigenvalue weighted by Gasteiger charge is 2.39. The first-order valence-corrected chi connectivity index (χ1v) is 8.65. The van der Waals surface area contributed by atoms with E-state index in [0.717, 1.165) is 25.2 Å². The quantitative estimate of drug-likeness (QED) is 0.869. The standard InChI is InChI=1S/C18H25N3O2/c1-19-9-6-18(14-19)7-10-20(11-8-18)12-13-21-15-4-2-3-5-16(15)23-17(21)22/h2-5H,6-14H2,1H3. The summed E-state index contributed by atoms with van der Waals surface area (Å²) < 4.78 is 7.08. The average molecular weight is 315 g/mol. The number of para-hydroxylation sites is 2. The predicted octanol–water partition coefficient (Wildman–Crippen LogP) is 2.01. The summed E-state index contributed by atoms with van der Waals surface area (Å²) in [5.74, 6) is -0.239. The zero-order chi connectivity index (χ0) is 15.9. The maximum absolute atomic E-state index is 12.0. The van der Waals surface area contributed by atoms with Crippen LogP contribution in [0.5, 0.6) is 0 Å². The molecule has 5 heteroatoms. The van der Waals surface area contributed by atoms with Crippen molar-refractivity contribution in [2.45, 2.75) is 25.8 Å². The fourth-order valence-electron chi connectivity index (χ4n) is 4.28. The van der Waals surface area contributed by atoms with E-state index >= 15 is 0 Å². The number of aromatic nitrogens is 1. The molecule has 2 aromatic rings. The molecule has 1 spiro atoms. The molecule has 1 aromatic heterocycles. The molecule has 0 N–H and O–H groups in total. The second kappa shape index (κ2) is 5.80. The van der Waals surface area contributed by atoms with Gasteiger partial charge in [0.05, 0.1) is 5.52 Å². The van der Waals surface area contributed by atoms with Crippen LogP contribution >= 0.6 is 0 Å². The fraction of sp³-hybridized carbons (Fsp3) is 0.611. The Labute approximate surface area is 136 Å². The number of hydrogen-bond acceptors (Lipinski definition) is 4. The highest BCUT2D eigenvalue weighted by atomic mass is 16.4. The number of oxazole rings is 1. The van der Waals surface area contributed by atoms with Crippen LogP contribution in [0.1, 0.15) is 19.3 Å². The molecule has 0 radical (unpaired) electrons. The van der Waals surface area contributed by atoms with Crippen LogP contribution in [0.4, 0.5) is 0 Å². The predicted molar refractivity (Wildman–Crippen MR) is 90.7 cm³/mol. The van der Waals surface area contributed by atoms with Gasteiger partial charge in [-0.2, -0.15) is 0 Å². The summed E-state index contributed by atoms with van der Waals surface area (Å²) in [7, 11) is 2.23. The van der Waals surface area contributed by atoms with Gasteiger partial charge in [0.15, 0.2) is 5.58 Å². The van der Waals surface area contributed by atoms with Crippen molar-refractivity contribution >= 4 is 11.1 Å². The zero-order valence-electron chi connectivity index (χ0n) is 13.8. The Kier molecular flexibility index (Phi) is 3.77. The van der Waals surface area contributed by atoms with Crippen LogP contribution in [-0.4, -0.2) is 54.1 Å². The molecular formula is C18H25N3O2. The molecule has 0 aliphatic carbocycles. The number of hydrogen-bond donors (Lipinski definition) is 0. The average Bonchev–Trinajstić information content (AvgIpc) is 3.07. The van der Waals surface area contributed by atoms with E-state index < -0.39 is 0 Å². The molecule has 2 aliphatic heterocycles. The fourth-order valence-corrected chi connectivity index (χ4v) is 4.28. The largest absolute Gasteiger partial charge is 0.419 e. The van der Waals surface area contributed by atoms with Gasteiger partial charge in [0.25, 0.3) is 0 Å². The molecule has 124 valence electrons. The Balaban J connectivity index is 1.38. The van der Waals surface area contributed by atoms with Crippen molar-refractivity contribution in [3.63, 3.8) is 0 Å². The second-order valence-electron chi connectivity index (χ2n) is 7.32. The molecule has 0 amide bonds. The van der Waals surface area contributed by atoms with Crippen LogP contribution in [0.2, 0.25) is 0 Å². The first-order valence-electron chi connectivity index (χ1n) is 8.65. The second-order valence-corrected chi connectivity index (χ2v) is 7.32. The Bertz CT molecular complexity index is 740. The molecular weight excluding hydrogens is 290 g/mol. The lowest BCUT2D eigenvalue weighted by Crippen LogP contribution is -2.42. The molecule has 4 rings (SSSR count). The van der Waals surface area contributed by atoms with Gasteiger partial charge >= 0.3 is 5.76 Å². The highest BCUT2D eigenvalue weighted by molar-refractivity contribution is 5.72. The number of piperidine rings is 1. The number of benzene rings is 1. The number of likely N-dealkylation sites (tertiary alicyclic amines) is 2. The van der Waals surface area contributed by atoms with Gasteiger partial charge in [-0.15, -0.1) is 0 Å². The van der Waals surface area contributed by atoms with Crippen LogP contribution < -0.4 is 5.76 Å². The topological polar surface area (TPSA) is 41.6 Å². The molecule has 0 unspecified atom stereocenters. The molecule has 0 saturated carbocycles. The zero-order valence-corrected chi connectivity index (χ0v) is 13.8. The van der Waals surface area contributed by atoms with Gasteiger partial charge < -0.3 is 14.2 Å². The number of nitrogens with zero attached hydrogens (tertiary/aromatic N) is 3.